The van der Waals surface area contributed by atoms with Gasteiger partial charge in [0.1, 0.15) is 5.60 Å². The normalized spacial score (nSPS) is 24.5. The zero-order valence-corrected chi connectivity index (χ0v) is 16.5. The number of nitrogens with zero attached hydrogens (tertiary/aromatic N) is 1. The molecule has 4 nitrogen and oxygen atoms in total. The van der Waals surface area contributed by atoms with Crippen LogP contribution in [-0.2, 0) is 4.74 Å². The van der Waals surface area contributed by atoms with E-state index >= 15 is 0 Å². The molecule has 1 aliphatic heterocycles. The molecular formula is C20H30F2N2O2. The van der Waals surface area contributed by atoms with Crippen molar-refractivity contribution in [1.29, 1.82) is 0 Å². The molecule has 1 aromatic carbocycles. The van der Waals surface area contributed by atoms with E-state index in [1.54, 1.807) is 11.0 Å². The van der Waals surface area contributed by atoms with Gasteiger partial charge in [-0.25, -0.2) is 13.6 Å². The van der Waals surface area contributed by atoms with Crippen LogP contribution in [0.2, 0.25) is 0 Å². The van der Waals surface area contributed by atoms with E-state index in [0.717, 1.165) is 6.07 Å². The number of ether oxygens (including phenoxy) is 1. The van der Waals surface area contributed by atoms with Crippen molar-refractivity contribution in [3.63, 3.8) is 0 Å². The maximum atomic E-state index is 13.7. The summed E-state index contributed by atoms with van der Waals surface area (Å²) in [6.07, 6.45) is 0.175. The Morgan fingerprint density at radius 2 is 1.77 bits per heavy atom. The maximum Gasteiger partial charge on any atom is 0.410 e. The van der Waals surface area contributed by atoms with Gasteiger partial charge in [-0.2, -0.15) is 0 Å². The molecule has 1 heterocycles. The van der Waals surface area contributed by atoms with Gasteiger partial charge in [0.25, 0.3) is 0 Å². The third kappa shape index (κ3) is 4.53. The summed E-state index contributed by atoms with van der Waals surface area (Å²) in [5.41, 5.74) is 6.32. The Labute approximate surface area is 154 Å². The number of hydrogen-bond acceptors (Lipinski definition) is 3. The van der Waals surface area contributed by atoms with Gasteiger partial charge in [0.05, 0.1) is 6.04 Å². The van der Waals surface area contributed by atoms with Crippen molar-refractivity contribution in [2.75, 3.05) is 6.54 Å². The topological polar surface area (TPSA) is 55.6 Å². The fourth-order valence-corrected chi connectivity index (χ4v) is 3.74. The molecule has 6 heteroatoms. The Kier molecular flexibility index (Phi) is 5.66. The molecular weight excluding hydrogens is 338 g/mol. The van der Waals surface area contributed by atoms with E-state index < -0.39 is 29.4 Å². The van der Waals surface area contributed by atoms with Crippen LogP contribution in [0.1, 0.15) is 59.4 Å². The first-order chi connectivity index (χ1) is 11.8. The number of rotatable bonds is 1. The largest absolute Gasteiger partial charge is 0.444 e. The zero-order chi connectivity index (χ0) is 19.9. The standard InChI is InChI=1S/C20H30F2N2O2/c1-19(2,3)17-16(23)13(12-7-8-14(21)15(22)11-12)9-10-24(17)18(25)26-20(4,5)6/h7-8,11,13,16-17H,9-10,23H2,1-6H3/t13-,16-,17?/m0/s1. The Morgan fingerprint density at radius 3 is 2.27 bits per heavy atom. The molecule has 0 aliphatic carbocycles. The fraction of sp³-hybridized carbons (Fsp3) is 0.650. The molecule has 2 N–H and O–H groups in total. The van der Waals surface area contributed by atoms with Crippen molar-refractivity contribution in [3.8, 4) is 0 Å². The lowest BCUT2D eigenvalue weighted by molar-refractivity contribution is -0.0160. The van der Waals surface area contributed by atoms with Gasteiger partial charge in [-0.1, -0.05) is 26.8 Å². The molecule has 0 spiro atoms. The van der Waals surface area contributed by atoms with E-state index in [1.165, 1.54) is 6.07 Å². The minimum atomic E-state index is -0.878. The van der Waals surface area contributed by atoms with Crippen LogP contribution in [-0.4, -0.2) is 35.2 Å². The SMILES string of the molecule is CC(C)(C)OC(=O)N1CC[C@@H](c2ccc(F)c(F)c2)[C@H](N)C1C(C)(C)C. The highest BCUT2D eigenvalue weighted by molar-refractivity contribution is 5.69. The van der Waals surface area contributed by atoms with Crippen molar-refractivity contribution < 1.29 is 18.3 Å². The first kappa shape index (κ1) is 20.6. The lowest BCUT2D eigenvalue weighted by Crippen LogP contribution is -2.62. The number of carbonyl (C=O) groups is 1. The van der Waals surface area contributed by atoms with Crippen LogP contribution in [0, 0.1) is 17.0 Å². The molecule has 0 aromatic heterocycles. The van der Waals surface area contributed by atoms with Gasteiger partial charge in [0, 0.05) is 18.5 Å². The minimum Gasteiger partial charge on any atom is -0.444 e. The first-order valence-electron chi connectivity index (χ1n) is 9.01. The van der Waals surface area contributed by atoms with Gasteiger partial charge in [-0.05, 0) is 50.3 Å². The summed E-state index contributed by atoms with van der Waals surface area (Å²) in [7, 11) is 0. The third-order valence-electron chi connectivity index (χ3n) is 4.73. The second kappa shape index (κ2) is 7.14. The molecule has 1 saturated heterocycles. The average molecular weight is 368 g/mol. The Balaban J connectivity index is 2.33. The van der Waals surface area contributed by atoms with Crippen LogP contribution < -0.4 is 5.73 Å². The molecule has 0 bridgehead atoms. The molecule has 0 saturated carbocycles. The summed E-state index contributed by atoms with van der Waals surface area (Å²) in [4.78, 5) is 14.4. The molecule has 1 amide bonds. The van der Waals surface area contributed by atoms with Crippen molar-refractivity contribution in [1.82, 2.24) is 4.90 Å². The minimum absolute atomic E-state index is 0.159. The van der Waals surface area contributed by atoms with E-state index in [-0.39, 0.29) is 17.4 Å². The summed E-state index contributed by atoms with van der Waals surface area (Å²) < 4.78 is 32.5. The van der Waals surface area contributed by atoms with E-state index in [0.29, 0.717) is 18.5 Å². The average Bonchev–Trinajstić information content (AvgIpc) is 2.46. The second-order valence-corrected chi connectivity index (χ2v) is 9.13. The molecule has 1 aliphatic rings. The highest BCUT2D eigenvalue weighted by Crippen LogP contribution is 2.39. The molecule has 3 atom stereocenters. The molecule has 146 valence electrons. The second-order valence-electron chi connectivity index (χ2n) is 9.13. The van der Waals surface area contributed by atoms with Crippen LogP contribution in [0.25, 0.3) is 0 Å². The third-order valence-corrected chi connectivity index (χ3v) is 4.73. The van der Waals surface area contributed by atoms with Crippen molar-refractivity contribution >= 4 is 6.09 Å². The van der Waals surface area contributed by atoms with Crippen LogP contribution in [0.5, 0.6) is 0 Å². The molecule has 1 fully saturated rings. The van der Waals surface area contributed by atoms with E-state index in [1.807, 2.05) is 41.5 Å². The number of hydrogen-bond donors (Lipinski definition) is 1. The van der Waals surface area contributed by atoms with Gasteiger partial charge >= 0.3 is 6.09 Å². The number of piperidine rings is 1. The molecule has 1 aromatic rings. The maximum absolute atomic E-state index is 13.7. The van der Waals surface area contributed by atoms with Crippen LogP contribution in [0.4, 0.5) is 13.6 Å². The summed E-state index contributed by atoms with van der Waals surface area (Å²) in [6.45, 7) is 12.0. The molecule has 1 unspecified atom stereocenters. The van der Waals surface area contributed by atoms with Crippen LogP contribution in [0.3, 0.4) is 0 Å². The quantitative estimate of drug-likeness (QED) is 0.798. The number of carbonyl (C=O) groups excluding carboxylic acids is 1. The lowest BCUT2D eigenvalue weighted by atomic mass is 9.72. The van der Waals surface area contributed by atoms with Gasteiger partial charge < -0.3 is 15.4 Å². The number of amides is 1. The van der Waals surface area contributed by atoms with Crippen LogP contribution >= 0.6 is 0 Å². The van der Waals surface area contributed by atoms with E-state index in [9.17, 15) is 13.6 Å². The highest BCUT2D eigenvalue weighted by Gasteiger charge is 2.45. The molecule has 26 heavy (non-hydrogen) atoms. The monoisotopic (exact) mass is 368 g/mol. The fourth-order valence-electron chi connectivity index (χ4n) is 3.74. The van der Waals surface area contributed by atoms with E-state index in [4.69, 9.17) is 10.5 Å². The first-order valence-corrected chi connectivity index (χ1v) is 9.01. The predicted octanol–water partition coefficient (Wildman–Crippen LogP) is 4.43. The number of halogens is 2. The van der Waals surface area contributed by atoms with Gasteiger partial charge in [0.15, 0.2) is 11.6 Å². The Morgan fingerprint density at radius 1 is 1.15 bits per heavy atom. The summed E-state index contributed by atoms with van der Waals surface area (Å²) in [5, 5.41) is 0. The summed E-state index contributed by atoms with van der Waals surface area (Å²) in [6, 6.07) is 3.21. The molecule has 0 radical (unpaired) electrons. The van der Waals surface area contributed by atoms with Crippen LogP contribution in [0.15, 0.2) is 18.2 Å². The predicted molar refractivity (Wildman–Crippen MR) is 97.9 cm³/mol. The number of benzene rings is 1. The van der Waals surface area contributed by atoms with E-state index in [2.05, 4.69) is 0 Å². The van der Waals surface area contributed by atoms with Gasteiger partial charge in [-0.3, -0.25) is 0 Å². The van der Waals surface area contributed by atoms with Crippen molar-refractivity contribution in [2.45, 2.75) is 71.6 Å². The van der Waals surface area contributed by atoms with Gasteiger partial charge in [-0.15, -0.1) is 0 Å². The Hall–Kier alpha value is -1.69. The number of likely N-dealkylation sites (tertiary alicyclic amines) is 1. The van der Waals surface area contributed by atoms with Crippen molar-refractivity contribution in [2.24, 2.45) is 11.1 Å². The lowest BCUT2D eigenvalue weighted by Gasteiger charge is -2.49. The smallest absolute Gasteiger partial charge is 0.410 e. The molecule has 2 rings (SSSR count). The van der Waals surface area contributed by atoms with Crippen molar-refractivity contribution in [3.05, 3.63) is 35.4 Å². The van der Waals surface area contributed by atoms with Gasteiger partial charge in [0.2, 0.25) is 0 Å². The summed E-state index contributed by atoms with van der Waals surface area (Å²) >= 11 is 0. The Bertz CT molecular complexity index is 665. The zero-order valence-electron chi connectivity index (χ0n) is 16.5. The number of nitrogens with two attached hydrogens (primary N) is 1. The summed E-state index contributed by atoms with van der Waals surface area (Å²) in [5.74, 6) is -1.91. The highest BCUT2D eigenvalue weighted by atomic mass is 19.2.